The van der Waals surface area contributed by atoms with E-state index in [0.29, 0.717) is 0 Å². The highest BCUT2D eigenvalue weighted by Crippen LogP contribution is 2.06. The zero-order chi connectivity index (χ0) is 13.3. The Labute approximate surface area is 99.9 Å². The summed E-state index contributed by atoms with van der Waals surface area (Å²) >= 11 is 0. The van der Waals surface area contributed by atoms with E-state index < -0.39 is 23.1 Å². The minimum Gasteiger partial charge on any atom is -0.313 e. The van der Waals surface area contributed by atoms with Crippen molar-refractivity contribution in [2.24, 2.45) is 0 Å². The van der Waals surface area contributed by atoms with Gasteiger partial charge in [0.15, 0.2) is 11.6 Å². The first-order valence-corrected chi connectivity index (χ1v) is 5.11. The van der Waals surface area contributed by atoms with Crippen LogP contribution in [0.1, 0.15) is 36.1 Å². The number of Topliss-reactive ketones (excluding diaryl/α,β-unsaturated/α-hetero) is 1. The Bertz CT molecular complexity index is 683. The van der Waals surface area contributed by atoms with Gasteiger partial charge in [-0.05, 0) is 13.8 Å². The van der Waals surface area contributed by atoms with Crippen molar-refractivity contribution in [1.29, 1.82) is 0 Å². The van der Waals surface area contributed by atoms with Gasteiger partial charge in [0, 0.05) is 6.20 Å². The number of tetrazole rings is 1. The summed E-state index contributed by atoms with van der Waals surface area (Å²) in [5, 5.41) is 13.0. The number of nitrogens with zero attached hydrogens (tertiary/aromatic N) is 4. The average Bonchev–Trinajstić information content (AvgIpc) is 2.81. The number of hydrogen-bond acceptors (Lipinski definition) is 6. The molecule has 2 N–H and O–H groups in total. The zero-order valence-corrected chi connectivity index (χ0v) is 9.67. The highest BCUT2D eigenvalue weighted by molar-refractivity contribution is 5.93. The Kier molecular flexibility index (Phi) is 2.88. The fourth-order valence-electron chi connectivity index (χ4n) is 1.55. The molecule has 2 aromatic rings. The van der Waals surface area contributed by atoms with E-state index in [-0.39, 0.29) is 11.4 Å². The second-order valence-electron chi connectivity index (χ2n) is 3.68. The van der Waals surface area contributed by atoms with Crippen LogP contribution < -0.4 is 11.2 Å². The number of hydrogen-bond donors (Lipinski definition) is 2. The summed E-state index contributed by atoms with van der Waals surface area (Å²) in [5.41, 5.74) is -1.41. The fourth-order valence-corrected chi connectivity index (χ4v) is 1.55. The summed E-state index contributed by atoms with van der Waals surface area (Å²) in [6.07, 6.45) is 1.10. The Morgan fingerprint density at radius 3 is 2.72 bits per heavy atom. The molecule has 0 amide bonds. The van der Waals surface area contributed by atoms with Crippen LogP contribution in [0, 0.1) is 0 Å². The highest BCUT2D eigenvalue weighted by Gasteiger charge is 2.19. The van der Waals surface area contributed by atoms with Crippen molar-refractivity contribution in [3.05, 3.63) is 38.4 Å². The van der Waals surface area contributed by atoms with Crippen LogP contribution in [0.5, 0.6) is 0 Å². The topological polar surface area (TPSA) is 126 Å². The predicted molar refractivity (Wildman–Crippen MR) is 59.3 cm³/mol. The molecule has 9 heteroatoms. The SMILES string of the molecule is CC(=O)c1c[nH]c(=O)n(C(C)c2nn[nH]n2)c1=O. The summed E-state index contributed by atoms with van der Waals surface area (Å²) in [4.78, 5) is 37.3. The summed E-state index contributed by atoms with van der Waals surface area (Å²) in [6.45, 7) is 2.81. The van der Waals surface area contributed by atoms with Crippen LogP contribution in [-0.4, -0.2) is 36.0 Å². The molecule has 0 aliphatic rings. The third-order valence-corrected chi connectivity index (χ3v) is 2.51. The van der Waals surface area contributed by atoms with Crippen molar-refractivity contribution in [2.75, 3.05) is 0 Å². The third-order valence-electron chi connectivity index (χ3n) is 2.51. The molecule has 0 fully saturated rings. The van der Waals surface area contributed by atoms with E-state index in [9.17, 15) is 14.4 Å². The first-order valence-electron chi connectivity index (χ1n) is 5.11. The Hall–Kier alpha value is -2.58. The maximum Gasteiger partial charge on any atom is 0.329 e. The molecule has 0 bridgehead atoms. The molecule has 1 atom stereocenters. The van der Waals surface area contributed by atoms with Gasteiger partial charge in [-0.2, -0.15) is 5.21 Å². The maximum atomic E-state index is 12.0. The first kappa shape index (κ1) is 11.9. The quantitative estimate of drug-likeness (QED) is 0.663. The second kappa shape index (κ2) is 4.35. The van der Waals surface area contributed by atoms with Gasteiger partial charge in [-0.3, -0.25) is 9.59 Å². The van der Waals surface area contributed by atoms with Gasteiger partial charge in [-0.15, -0.1) is 10.2 Å². The molecule has 18 heavy (non-hydrogen) atoms. The van der Waals surface area contributed by atoms with Gasteiger partial charge in [-0.1, -0.05) is 5.21 Å². The smallest absolute Gasteiger partial charge is 0.313 e. The van der Waals surface area contributed by atoms with Crippen LogP contribution in [0.3, 0.4) is 0 Å². The van der Waals surface area contributed by atoms with Crippen molar-refractivity contribution in [3.63, 3.8) is 0 Å². The van der Waals surface area contributed by atoms with Crippen LogP contribution in [-0.2, 0) is 0 Å². The Morgan fingerprint density at radius 1 is 1.44 bits per heavy atom. The van der Waals surface area contributed by atoms with Crippen LogP contribution in [0.4, 0.5) is 0 Å². The van der Waals surface area contributed by atoms with Gasteiger partial charge in [0.2, 0.25) is 0 Å². The van der Waals surface area contributed by atoms with Crippen molar-refractivity contribution in [3.8, 4) is 0 Å². The van der Waals surface area contributed by atoms with E-state index in [4.69, 9.17) is 0 Å². The van der Waals surface area contributed by atoms with Gasteiger partial charge in [0.25, 0.3) is 5.56 Å². The number of aromatic amines is 2. The van der Waals surface area contributed by atoms with Crippen molar-refractivity contribution >= 4 is 5.78 Å². The highest BCUT2D eigenvalue weighted by atomic mass is 16.2. The van der Waals surface area contributed by atoms with E-state index in [1.807, 2.05) is 0 Å². The summed E-state index contributed by atoms with van der Waals surface area (Å²) in [7, 11) is 0. The van der Waals surface area contributed by atoms with Crippen LogP contribution in [0.25, 0.3) is 0 Å². The van der Waals surface area contributed by atoms with E-state index >= 15 is 0 Å². The van der Waals surface area contributed by atoms with E-state index in [1.54, 1.807) is 6.92 Å². The average molecular weight is 250 g/mol. The monoisotopic (exact) mass is 250 g/mol. The fraction of sp³-hybridized carbons (Fsp3) is 0.333. The lowest BCUT2D eigenvalue weighted by Crippen LogP contribution is -2.40. The van der Waals surface area contributed by atoms with Crippen LogP contribution >= 0.6 is 0 Å². The molecule has 0 saturated heterocycles. The molecule has 0 radical (unpaired) electrons. The number of aromatic nitrogens is 6. The molecule has 0 aliphatic heterocycles. The standard InChI is InChI=1S/C9H10N6O3/c1-4(7-11-13-14-12-7)15-8(17)6(5(2)16)3-10-9(15)18/h3-4H,1-2H3,(H,10,18)(H,11,12,13,14). The number of carbonyl (C=O) groups is 1. The molecule has 2 rings (SSSR count). The van der Waals surface area contributed by atoms with Crippen molar-refractivity contribution in [1.82, 2.24) is 30.2 Å². The van der Waals surface area contributed by atoms with Crippen LogP contribution in [0.15, 0.2) is 15.8 Å². The van der Waals surface area contributed by atoms with Gasteiger partial charge >= 0.3 is 5.69 Å². The molecule has 0 spiro atoms. The van der Waals surface area contributed by atoms with E-state index in [1.165, 1.54) is 6.92 Å². The van der Waals surface area contributed by atoms with Gasteiger partial charge in [0.1, 0.15) is 6.04 Å². The van der Waals surface area contributed by atoms with Gasteiger partial charge in [0.05, 0.1) is 5.56 Å². The molecule has 0 aliphatic carbocycles. The Morgan fingerprint density at radius 2 is 2.17 bits per heavy atom. The largest absolute Gasteiger partial charge is 0.329 e. The van der Waals surface area contributed by atoms with Gasteiger partial charge in [-0.25, -0.2) is 9.36 Å². The van der Waals surface area contributed by atoms with Crippen molar-refractivity contribution < 1.29 is 4.79 Å². The zero-order valence-electron chi connectivity index (χ0n) is 9.67. The molecule has 2 heterocycles. The van der Waals surface area contributed by atoms with E-state index in [2.05, 4.69) is 25.6 Å². The maximum absolute atomic E-state index is 12.0. The number of nitrogens with one attached hydrogen (secondary N) is 2. The van der Waals surface area contributed by atoms with Gasteiger partial charge < -0.3 is 4.98 Å². The minimum atomic E-state index is -0.723. The lowest BCUT2D eigenvalue weighted by Gasteiger charge is -2.10. The van der Waals surface area contributed by atoms with Crippen molar-refractivity contribution in [2.45, 2.75) is 19.9 Å². The minimum absolute atomic E-state index is 0.0926. The molecule has 94 valence electrons. The summed E-state index contributed by atoms with van der Waals surface area (Å²) < 4.78 is 0.877. The molecule has 2 aromatic heterocycles. The summed E-state index contributed by atoms with van der Waals surface area (Å²) in [5.74, 6) is -0.242. The molecular weight excluding hydrogens is 240 g/mol. The lowest BCUT2D eigenvalue weighted by molar-refractivity contribution is 0.101. The normalized spacial score (nSPS) is 12.3. The molecule has 1 unspecified atom stereocenters. The summed E-state index contributed by atoms with van der Waals surface area (Å²) in [6, 6.07) is -0.723. The number of ketones is 1. The number of H-pyrrole nitrogens is 2. The molecule has 0 aromatic carbocycles. The Balaban J connectivity index is 2.64. The number of carbonyl (C=O) groups excluding carboxylic acids is 1. The molecule has 0 saturated carbocycles. The van der Waals surface area contributed by atoms with E-state index in [0.717, 1.165) is 10.8 Å². The third kappa shape index (κ3) is 1.85. The van der Waals surface area contributed by atoms with Crippen LogP contribution in [0.2, 0.25) is 0 Å². The second-order valence-corrected chi connectivity index (χ2v) is 3.68. The predicted octanol–water partition coefficient (Wildman–Crippen LogP) is -1.14. The molecule has 9 nitrogen and oxygen atoms in total. The first-order chi connectivity index (χ1) is 8.52. The molecular formula is C9H10N6O3. The number of rotatable bonds is 3. The lowest BCUT2D eigenvalue weighted by atomic mass is 10.2.